The van der Waals surface area contributed by atoms with E-state index < -0.39 is 9.84 Å². The van der Waals surface area contributed by atoms with Crippen molar-refractivity contribution in [3.63, 3.8) is 0 Å². The molecule has 0 atom stereocenters. The molecule has 1 aromatic rings. The Morgan fingerprint density at radius 3 is 2.26 bits per heavy atom. The van der Waals surface area contributed by atoms with Gasteiger partial charge in [0.2, 0.25) is 5.75 Å². The van der Waals surface area contributed by atoms with Gasteiger partial charge in [0, 0.05) is 19.3 Å². The van der Waals surface area contributed by atoms with Crippen LogP contribution in [0.1, 0.15) is 13.3 Å². The summed E-state index contributed by atoms with van der Waals surface area (Å²) >= 11 is 0. The lowest BCUT2D eigenvalue weighted by Crippen LogP contribution is -2.16. The molecule has 0 aromatic carbocycles. The molecule has 1 heterocycles. The van der Waals surface area contributed by atoms with Gasteiger partial charge in [-0.05, 0) is 6.42 Å². The second-order valence-electron chi connectivity index (χ2n) is 4.09. The van der Waals surface area contributed by atoms with E-state index in [-0.39, 0.29) is 12.3 Å². The maximum atomic E-state index is 11.1. The van der Waals surface area contributed by atoms with Crippen molar-refractivity contribution in [2.45, 2.75) is 13.3 Å². The standard InChI is InChI=1S/C11H20N4O3S/c1-4-5-12-10-9(18-2)11(15-8-14-10)13-6-7-19(3,16)17/h8H,4-7H2,1-3H3,(H2,12,13,14,15). The van der Waals surface area contributed by atoms with Crippen LogP contribution in [-0.2, 0) is 9.84 Å². The molecule has 8 heteroatoms. The van der Waals surface area contributed by atoms with E-state index in [2.05, 4.69) is 20.6 Å². The van der Waals surface area contributed by atoms with E-state index >= 15 is 0 Å². The van der Waals surface area contributed by atoms with E-state index in [9.17, 15) is 8.42 Å². The second kappa shape index (κ2) is 7.13. The number of sulfone groups is 1. The van der Waals surface area contributed by atoms with Crippen LogP contribution in [-0.4, -0.2) is 50.6 Å². The molecule has 0 saturated carbocycles. The Morgan fingerprint density at radius 1 is 1.21 bits per heavy atom. The smallest absolute Gasteiger partial charge is 0.204 e. The molecular weight excluding hydrogens is 268 g/mol. The van der Waals surface area contributed by atoms with Crippen LogP contribution in [0.3, 0.4) is 0 Å². The highest BCUT2D eigenvalue weighted by Crippen LogP contribution is 2.28. The molecule has 0 bridgehead atoms. The number of anilines is 2. The van der Waals surface area contributed by atoms with Gasteiger partial charge in [0.05, 0.1) is 12.9 Å². The number of rotatable bonds is 8. The fourth-order valence-electron chi connectivity index (χ4n) is 1.42. The maximum absolute atomic E-state index is 11.1. The van der Waals surface area contributed by atoms with Gasteiger partial charge >= 0.3 is 0 Å². The van der Waals surface area contributed by atoms with Crippen molar-refractivity contribution in [2.24, 2.45) is 0 Å². The lowest BCUT2D eigenvalue weighted by Gasteiger charge is -2.13. The SMILES string of the molecule is CCCNc1ncnc(NCCS(C)(=O)=O)c1OC. The van der Waals surface area contributed by atoms with Gasteiger partial charge in [-0.1, -0.05) is 6.92 Å². The predicted molar refractivity (Wildman–Crippen MR) is 75.6 cm³/mol. The van der Waals surface area contributed by atoms with Gasteiger partial charge in [-0.3, -0.25) is 0 Å². The Balaban J connectivity index is 2.76. The van der Waals surface area contributed by atoms with E-state index in [0.29, 0.717) is 17.4 Å². The van der Waals surface area contributed by atoms with Gasteiger partial charge in [-0.2, -0.15) is 0 Å². The minimum Gasteiger partial charge on any atom is -0.490 e. The Kier molecular flexibility index (Phi) is 5.81. The zero-order valence-corrected chi connectivity index (χ0v) is 12.2. The number of ether oxygens (including phenoxy) is 1. The number of nitrogens with one attached hydrogen (secondary N) is 2. The average Bonchev–Trinajstić information content (AvgIpc) is 2.34. The molecule has 0 saturated heterocycles. The number of hydrogen-bond donors (Lipinski definition) is 2. The summed E-state index contributed by atoms with van der Waals surface area (Å²) in [5.41, 5.74) is 0. The molecule has 108 valence electrons. The van der Waals surface area contributed by atoms with E-state index in [1.807, 2.05) is 6.92 Å². The Labute approximate surface area is 113 Å². The Bertz CT molecular complexity index is 505. The summed E-state index contributed by atoms with van der Waals surface area (Å²) in [4.78, 5) is 8.15. The molecule has 1 aromatic heterocycles. The van der Waals surface area contributed by atoms with Crippen molar-refractivity contribution >= 4 is 21.5 Å². The molecule has 0 radical (unpaired) electrons. The predicted octanol–water partition coefficient (Wildman–Crippen LogP) is 0.764. The van der Waals surface area contributed by atoms with Crippen molar-refractivity contribution in [1.29, 1.82) is 0 Å². The zero-order chi connectivity index (χ0) is 14.3. The molecule has 0 fully saturated rings. The van der Waals surface area contributed by atoms with Gasteiger partial charge < -0.3 is 15.4 Å². The first-order valence-electron chi connectivity index (χ1n) is 6.02. The summed E-state index contributed by atoms with van der Waals surface area (Å²) in [5.74, 6) is 1.61. The number of nitrogens with zero attached hydrogens (tertiary/aromatic N) is 2. The van der Waals surface area contributed by atoms with E-state index in [1.165, 1.54) is 19.7 Å². The highest BCUT2D eigenvalue weighted by molar-refractivity contribution is 7.90. The van der Waals surface area contributed by atoms with Crippen LogP contribution in [0.25, 0.3) is 0 Å². The van der Waals surface area contributed by atoms with Crippen molar-refractivity contribution in [2.75, 3.05) is 42.8 Å². The molecule has 0 spiro atoms. The monoisotopic (exact) mass is 288 g/mol. The summed E-state index contributed by atoms with van der Waals surface area (Å²) in [6, 6.07) is 0. The summed E-state index contributed by atoms with van der Waals surface area (Å²) < 4.78 is 27.4. The molecule has 0 unspecified atom stereocenters. The average molecular weight is 288 g/mol. The number of methoxy groups -OCH3 is 1. The van der Waals surface area contributed by atoms with Crippen LogP contribution in [0.5, 0.6) is 5.75 Å². The topological polar surface area (TPSA) is 93.2 Å². The molecule has 7 nitrogen and oxygen atoms in total. The van der Waals surface area contributed by atoms with Gasteiger partial charge in [0.1, 0.15) is 16.2 Å². The van der Waals surface area contributed by atoms with Crippen molar-refractivity contribution in [3.8, 4) is 5.75 Å². The summed E-state index contributed by atoms with van der Waals surface area (Å²) in [6.45, 7) is 3.10. The van der Waals surface area contributed by atoms with Gasteiger partial charge in [-0.15, -0.1) is 0 Å². The summed E-state index contributed by atoms with van der Waals surface area (Å²) in [5, 5.41) is 6.07. The first kappa shape index (κ1) is 15.5. The fourth-order valence-corrected chi connectivity index (χ4v) is 1.89. The van der Waals surface area contributed by atoms with E-state index in [0.717, 1.165) is 13.0 Å². The number of hydrogen-bond acceptors (Lipinski definition) is 7. The Morgan fingerprint density at radius 2 is 1.79 bits per heavy atom. The summed E-state index contributed by atoms with van der Waals surface area (Å²) in [6.07, 6.45) is 3.56. The van der Waals surface area contributed by atoms with Crippen molar-refractivity contribution in [1.82, 2.24) is 9.97 Å². The third kappa shape index (κ3) is 5.29. The Hall–Kier alpha value is -1.57. The third-order valence-corrected chi connectivity index (χ3v) is 3.26. The van der Waals surface area contributed by atoms with Crippen LogP contribution in [0.4, 0.5) is 11.6 Å². The molecule has 1 rings (SSSR count). The van der Waals surface area contributed by atoms with Crippen LogP contribution in [0.2, 0.25) is 0 Å². The van der Waals surface area contributed by atoms with Gasteiger partial charge in [0.15, 0.2) is 11.6 Å². The van der Waals surface area contributed by atoms with Crippen molar-refractivity contribution in [3.05, 3.63) is 6.33 Å². The normalized spacial score (nSPS) is 11.1. The molecule has 0 aliphatic heterocycles. The maximum Gasteiger partial charge on any atom is 0.204 e. The second-order valence-corrected chi connectivity index (χ2v) is 6.35. The number of aromatic nitrogens is 2. The zero-order valence-electron chi connectivity index (χ0n) is 11.4. The third-order valence-electron chi connectivity index (χ3n) is 2.32. The first-order chi connectivity index (χ1) is 8.98. The largest absolute Gasteiger partial charge is 0.490 e. The lowest BCUT2D eigenvalue weighted by atomic mass is 10.4. The highest BCUT2D eigenvalue weighted by Gasteiger charge is 2.12. The molecule has 2 N–H and O–H groups in total. The minimum absolute atomic E-state index is 0.0396. The van der Waals surface area contributed by atoms with Gasteiger partial charge in [0.25, 0.3) is 0 Å². The van der Waals surface area contributed by atoms with E-state index in [1.54, 1.807) is 0 Å². The molecular formula is C11H20N4O3S. The lowest BCUT2D eigenvalue weighted by molar-refractivity contribution is 0.414. The van der Waals surface area contributed by atoms with Crippen molar-refractivity contribution < 1.29 is 13.2 Å². The van der Waals surface area contributed by atoms with Gasteiger partial charge in [-0.25, -0.2) is 18.4 Å². The minimum atomic E-state index is -3.00. The molecule has 0 aliphatic carbocycles. The highest BCUT2D eigenvalue weighted by atomic mass is 32.2. The molecule has 19 heavy (non-hydrogen) atoms. The quantitative estimate of drug-likeness (QED) is 0.729. The van der Waals surface area contributed by atoms with Crippen LogP contribution in [0.15, 0.2) is 6.33 Å². The summed E-state index contributed by atoms with van der Waals surface area (Å²) in [7, 11) is -1.48. The van der Waals surface area contributed by atoms with Crippen LogP contribution >= 0.6 is 0 Å². The van der Waals surface area contributed by atoms with Crippen LogP contribution in [0, 0.1) is 0 Å². The van der Waals surface area contributed by atoms with Crippen LogP contribution < -0.4 is 15.4 Å². The van der Waals surface area contributed by atoms with E-state index in [4.69, 9.17) is 4.74 Å². The fraction of sp³-hybridized carbons (Fsp3) is 0.636. The molecule has 0 amide bonds. The first-order valence-corrected chi connectivity index (χ1v) is 8.08. The molecule has 0 aliphatic rings.